The van der Waals surface area contributed by atoms with Gasteiger partial charge in [0.15, 0.2) is 0 Å². The van der Waals surface area contributed by atoms with E-state index in [9.17, 15) is 14.0 Å². The third kappa shape index (κ3) is 7.05. The Bertz CT molecular complexity index is 1120. The molecular weight excluding hydrogens is 474 g/mol. The van der Waals surface area contributed by atoms with E-state index in [0.29, 0.717) is 34.1 Å². The Labute approximate surface area is 209 Å². The van der Waals surface area contributed by atoms with Crippen LogP contribution in [0.2, 0.25) is 10.0 Å². The molecule has 1 atom stereocenters. The summed E-state index contributed by atoms with van der Waals surface area (Å²) in [5.74, 6) is -1.01. The lowest BCUT2D eigenvalue weighted by Gasteiger charge is -2.32. The smallest absolute Gasteiger partial charge is 0.243 e. The number of nitrogens with one attached hydrogen (secondary N) is 1. The van der Waals surface area contributed by atoms with Crippen LogP contribution in [0.15, 0.2) is 72.8 Å². The summed E-state index contributed by atoms with van der Waals surface area (Å²) >= 11 is 12.1. The lowest BCUT2D eigenvalue weighted by atomic mass is 10.0. The Hall–Kier alpha value is -2.89. The van der Waals surface area contributed by atoms with Gasteiger partial charge in [0.25, 0.3) is 0 Å². The van der Waals surface area contributed by atoms with Crippen molar-refractivity contribution in [3.05, 3.63) is 105 Å². The van der Waals surface area contributed by atoms with E-state index in [-0.39, 0.29) is 24.8 Å². The Morgan fingerprint density at radius 2 is 1.65 bits per heavy atom. The molecule has 178 valence electrons. The number of amides is 2. The SMILES string of the molecule is CCCNC(=O)C(Cc1ccccc1)N(Cc1ccccc1F)C(=O)Cc1ccc(Cl)c(Cl)c1. The van der Waals surface area contributed by atoms with Crippen molar-refractivity contribution in [1.82, 2.24) is 10.2 Å². The summed E-state index contributed by atoms with van der Waals surface area (Å²) in [4.78, 5) is 28.3. The molecule has 34 heavy (non-hydrogen) atoms. The molecule has 0 saturated heterocycles. The number of carbonyl (C=O) groups is 2. The van der Waals surface area contributed by atoms with Crippen LogP contribution in [0.1, 0.15) is 30.0 Å². The van der Waals surface area contributed by atoms with Crippen LogP contribution in [0.3, 0.4) is 0 Å². The molecule has 0 radical (unpaired) electrons. The minimum Gasteiger partial charge on any atom is -0.354 e. The highest BCUT2D eigenvalue weighted by molar-refractivity contribution is 6.42. The summed E-state index contributed by atoms with van der Waals surface area (Å²) in [5.41, 5.74) is 1.90. The van der Waals surface area contributed by atoms with E-state index in [2.05, 4.69) is 5.32 Å². The normalized spacial score (nSPS) is 11.6. The second-order valence-corrected chi connectivity index (χ2v) is 8.85. The van der Waals surface area contributed by atoms with Crippen molar-refractivity contribution < 1.29 is 14.0 Å². The van der Waals surface area contributed by atoms with Gasteiger partial charge in [0.1, 0.15) is 11.9 Å². The maximum atomic E-state index is 14.6. The minimum absolute atomic E-state index is 0.00229. The summed E-state index contributed by atoms with van der Waals surface area (Å²) in [6.45, 7) is 2.40. The average molecular weight is 501 g/mol. The second-order valence-electron chi connectivity index (χ2n) is 8.03. The predicted molar refractivity (Wildman–Crippen MR) is 134 cm³/mol. The molecule has 0 fully saturated rings. The van der Waals surface area contributed by atoms with E-state index in [1.165, 1.54) is 11.0 Å². The van der Waals surface area contributed by atoms with Gasteiger partial charge in [-0.2, -0.15) is 0 Å². The number of benzene rings is 3. The fourth-order valence-corrected chi connectivity index (χ4v) is 3.98. The summed E-state index contributed by atoms with van der Waals surface area (Å²) < 4.78 is 14.6. The topological polar surface area (TPSA) is 49.4 Å². The maximum Gasteiger partial charge on any atom is 0.243 e. The molecule has 3 rings (SSSR count). The third-order valence-electron chi connectivity index (χ3n) is 5.46. The molecule has 4 nitrogen and oxygen atoms in total. The minimum atomic E-state index is -0.816. The van der Waals surface area contributed by atoms with Gasteiger partial charge in [0, 0.05) is 25.1 Å². The molecule has 7 heteroatoms. The van der Waals surface area contributed by atoms with Crippen molar-refractivity contribution >= 4 is 35.0 Å². The van der Waals surface area contributed by atoms with Crippen LogP contribution in [0.25, 0.3) is 0 Å². The van der Waals surface area contributed by atoms with E-state index in [1.807, 2.05) is 37.3 Å². The molecule has 3 aromatic carbocycles. The molecule has 1 N–H and O–H groups in total. The van der Waals surface area contributed by atoms with Crippen LogP contribution in [0, 0.1) is 5.82 Å². The van der Waals surface area contributed by atoms with Crippen LogP contribution in [-0.2, 0) is 29.0 Å². The van der Waals surface area contributed by atoms with Crippen molar-refractivity contribution in [3.8, 4) is 0 Å². The fourth-order valence-electron chi connectivity index (χ4n) is 3.66. The van der Waals surface area contributed by atoms with Gasteiger partial charge in [0.2, 0.25) is 11.8 Å². The molecular formula is C27H27Cl2FN2O2. The van der Waals surface area contributed by atoms with Crippen LogP contribution < -0.4 is 5.32 Å². The first-order chi connectivity index (χ1) is 16.4. The summed E-state index contributed by atoms with van der Waals surface area (Å²) in [7, 11) is 0. The van der Waals surface area contributed by atoms with E-state index in [4.69, 9.17) is 23.2 Å². The highest BCUT2D eigenvalue weighted by Gasteiger charge is 2.30. The number of nitrogens with zero attached hydrogens (tertiary/aromatic N) is 1. The van der Waals surface area contributed by atoms with Crippen molar-refractivity contribution in [2.75, 3.05) is 6.54 Å². The Kier molecular flexibility index (Phi) is 9.49. The number of halogens is 3. The van der Waals surface area contributed by atoms with E-state index >= 15 is 0 Å². The average Bonchev–Trinajstić information content (AvgIpc) is 2.83. The zero-order valence-corrected chi connectivity index (χ0v) is 20.5. The van der Waals surface area contributed by atoms with Gasteiger partial charge in [-0.1, -0.05) is 84.7 Å². The standard InChI is InChI=1S/C27H27Cl2FN2O2/c1-2-14-31-27(34)25(16-19-8-4-3-5-9-19)32(18-21-10-6-7-11-24(21)30)26(33)17-20-12-13-22(28)23(29)15-20/h3-13,15,25H,2,14,16-18H2,1H3,(H,31,34). The van der Waals surface area contributed by atoms with E-state index < -0.39 is 11.9 Å². The molecule has 0 aliphatic carbocycles. The van der Waals surface area contributed by atoms with Gasteiger partial charge in [0.05, 0.1) is 16.5 Å². The van der Waals surface area contributed by atoms with Gasteiger partial charge in [-0.05, 0) is 35.7 Å². The summed E-state index contributed by atoms with van der Waals surface area (Å²) in [5, 5.41) is 3.64. The van der Waals surface area contributed by atoms with Gasteiger partial charge >= 0.3 is 0 Å². The molecule has 0 saturated carbocycles. The fraction of sp³-hybridized carbons (Fsp3) is 0.259. The van der Waals surface area contributed by atoms with Crippen LogP contribution in [0.5, 0.6) is 0 Å². The van der Waals surface area contributed by atoms with Crippen molar-refractivity contribution in [2.45, 2.75) is 38.8 Å². The Morgan fingerprint density at radius 1 is 0.941 bits per heavy atom. The van der Waals surface area contributed by atoms with Gasteiger partial charge in [-0.15, -0.1) is 0 Å². The molecule has 0 heterocycles. The second kappa shape index (κ2) is 12.5. The van der Waals surface area contributed by atoms with Crippen molar-refractivity contribution in [2.24, 2.45) is 0 Å². The molecule has 0 aromatic heterocycles. The maximum absolute atomic E-state index is 14.6. The number of rotatable bonds is 10. The number of hydrogen-bond acceptors (Lipinski definition) is 2. The molecule has 3 aromatic rings. The molecule has 0 aliphatic rings. The molecule has 0 spiro atoms. The van der Waals surface area contributed by atoms with E-state index in [1.54, 1.807) is 36.4 Å². The van der Waals surface area contributed by atoms with Crippen LogP contribution in [0.4, 0.5) is 4.39 Å². The van der Waals surface area contributed by atoms with Gasteiger partial charge in [-0.3, -0.25) is 9.59 Å². The third-order valence-corrected chi connectivity index (χ3v) is 6.20. The van der Waals surface area contributed by atoms with Crippen LogP contribution >= 0.6 is 23.2 Å². The number of carbonyl (C=O) groups excluding carboxylic acids is 2. The summed E-state index contributed by atoms with van der Waals surface area (Å²) in [6.07, 6.45) is 1.06. The van der Waals surface area contributed by atoms with Crippen molar-refractivity contribution in [3.63, 3.8) is 0 Å². The first-order valence-corrected chi connectivity index (χ1v) is 11.9. The van der Waals surface area contributed by atoms with Gasteiger partial charge in [-0.25, -0.2) is 4.39 Å². The molecule has 0 aliphatic heterocycles. The first-order valence-electron chi connectivity index (χ1n) is 11.2. The highest BCUT2D eigenvalue weighted by Crippen LogP contribution is 2.24. The largest absolute Gasteiger partial charge is 0.354 e. The van der Waals surface area contributed by atoms with Gasteiger partial charge < -0.3 is 10.2 Å². The number of hydrogen-bond donors (Lipinski definition) is 1. The lowest BCUT2D eigenvalue weighted by Crippen LogP contribution is -2.51. The molecule has 0 bridgehead atoms. The summed E-state index contributed by atoms with van der Waals surface area (Å²) in [6, 6.07) is 19.9. The van der Waals surface area contributed by atoms with Crippen LogP contribution in [-0.4, -0.2) is 29.3 Å². The van der Waals surface area contributed by atoms with Crippen molar-refractivity contribution in [1.29, 1.82) is 0 Å². The Balaban J connectivity index is 1.97. The quantitative estimate of drug-likeness (QED) is 0.380. The lowest BCUT2D eigenvalue weighted by molar-refractivity contribution is -0.140. The molecule has 2 amide bonds. The predicted octanol–water partition coefficient (Wildman–Crippen LogP) is 5.84. The Morgan fingerprint density at radius 3 is 2.32 bits per heavy atom. The first kappa shape index (κ1) is 25.7. The monoisotopic (exact) mass is 500 g/mol. The van der Waals surface area contributed by atoms with E-state index in [0.717, 1.165) is 12.0 Å². The zero-order valence-electron chi connectivity index (χ0n) is 18.9. The highest BCUT2D eigenvalue weighted by atomic mass is 35.5. The molecule has 1 unspecified atom stereocenters. The zero-order chi connectivity index (χ0) is 24.5.